The zero-order valence-corrected chi connectivity index (χ0v) is 19.0. The second kappa shape index (κ2) is 10.4. The van der Waals surface area contributed by atoms with E-state index in [4.69, 9.17) is 28.9 Å². The molecule has 7 heteroatoms. The molecule has 0 saturated heterocycles. The summed E-state index contributed by atoms with van der Waals surface area (Å²) in [4.78, 5) is 0. The van der Waals surface area contributed by atoms with Crippen molar-refractivity contribution >= 4 is 29.7 Å². The summed E-state index contributed by atoms with van der Waals surface area (Å²) in [7, 11) is 11.9. The van der Waals surface area contributed by atoms with Crippen molar-refractivity contribution in [3.63, 3.8) is 0 Å². The first-order chi connectivity index (χ1) is 12.7. The van der Waals surface area contributed by atoms with Gasteiger partial charge < -0.3 is 0 Å². The van der Waals surface area contributed by atoms with Gasteiger partial charge in [0.1, 0.15) is 0 Å². The van der Waals surface area contributed by atoms with Crippen molar-refractivity contribution in [2.24, 2.45) is 0 Å². The average molecular weight is 501 g/mol. The molecule has 0 amide bonds. The number of halogens is 3. The molecule has 3 nitrogen and oxygen atoms in total. The van der Waals surface area contributed by atoms with Crippen LogP contribution in [0.15, 0.2) is 36.4 Å². The Balaban J connectivity index is 2.25. The van der Waals surface area contributed by atoms with Crippen molar-refractivity contribution in [3.8, 4) is 11.5 Å². The van der Waals surface area contributed by atoms with Crippen molar-refractivity contribution in [1.82, 2.24) is 0 Å². The normalized spacial score (nSPS) is 11.5. The predicted octanol–water partition coefficient (Wildman–Crippen LogP) is 6.09. The van der Waals surface area contributed by atoms with E-state index >= 15 is 0 Å². The van der Waals surface area contributed by atoms with E-state index in [0.29, 0.717) is 12.3 Å². The van der Waals surface area contributed by atoms with Gasteiger partial charge >= 0.3 is 174 Å². The van der Waals surface area contributed by atoms with Gasteiger partial charge in [-0.15, -0.1) is 0 Å². The molecule has 0 heterocycles. The van der Waals surface area contributed by atoms with Gasteiger partial charge in [0, 0.05) is 0 Å². The van der Waals surface area contributed by atoms with E-state index in [-0.39, 0.29) is 18.0 Å². The van der Waals surface area contributed by atoms with Gasteiger partial charge in [0.15, 0.2) is 0 Å². The van der Waals surface area contributed by atoms with E-state index < -0.39 is 13.5 Å². The maximum absolute atomic E-state index is 13.6. The molecule has 2 aromatic rings. The second-order valence-electron chi connectivity index (χ2n) is 6.49. The summed E-state index contributed by atoms with van der Waals surface area (Å²) in [6, 6.07) is 10.3. The van der Waals surface area contributed by atoms with Gasteiger partial charge in [0.05, 0.1) is 0 Å². The monoisotopic (exact) mass is 501 g/mol. The van der Waals surface area contributed by atoms with Gasteiger partial charge in [0.25, 0.3) is 0 Å². The van der Waals surface area contributed by atoms with Crippen LogP contribution in [0, 0.1) is 5.82 Å². The Bertz CT molecular complexity index is 809. The average Bonchev–Trinajstić information content (AvgIpc) is 2.54. The summed E-state index contributed by atoms with van der Waals surface area (Å²) >= 11 is -2.05. The SMILES string of the molecule is CC(C)Oc1ccc(NCc2ccc(F)cc2[CH]=[Ru]([Cl])[Cl])c(OC(C)C)c1. The number of hydrogen-bond donors (Lipinski definition) is 1. The molecule has 0 fully saturated rings. The van der Waals surface area contributed by atoms with E-state index in [0.717, 1.165) is 22.6 Å². The Hall–Kier alpha value is -1.16. The Morgan fingerprint density at radius 1 is 1.04 bits per heavy atom. The first-order valence-corrected chi connectivity index (χ1v) is 14.1. The third-order valence-corrected chi connectivity index (χ3v) is 5.28. The van der Waals surface area contributed by atoms with E-state index in [9.17, 15) is 4.39 Å². The van der Waals surface area contributed by atoms with Crippen LogP contribution in [0.5, 0.6) is 11.5 Å². The van der Waals surface area contributed by atoms with Crippen molar-refractivity contribution in [2.75, 3.05) is 5.32 Å². The van der Waals surface area contributed by atoms with Gasteiger partial charge in [-0.2, -0.15) is 0 Å². The zero-order valence-electron chi connectivity index (χ0n) is 15.7. The van der Waals surface area contributed by atoms with E-state index in [2.05, 4.69) is 5.32 Å². The Labute approximate surface area is 173 Å². The third kappa shape index (κ3) is 7.40. The Morgan fingerprint density at radius 2 is 1.74 bits per heavy atom. The molecule has 0 radical (unpaired) electrons. The molecule has 150 valence electrons. The number of anilines is 1. The molecule has 0 saturated carbocycles. The van der Waals surface area contributed by atoms with Crippen LogP contribution in [0.3, 0.4) is 0 Å². The van der Waals surface area contributed by atoms with Crippen LogP contribution in [0.2, 0.25) is 0 Å². The Kier molecular flexibility index (Phi) is 8.53. The molecule has 0 aliphatic rings. The van der Waals surface area contributed by atoms with Crippen LogP contribution < -0.4 is 14.8 Å². The summed E-state index contributed by atoms with van der Waals surface area (Å²) in [6.45, 7) is 8.39. The number of rotatable bonds is 8. The molecule has 1 N–H and O–H groups in total. The van der Waals surface area contributed by atoms with Crippen LogP contribution >= 0.6 is 19.4 Å². The Morgan fingerprint density at radius 3 is 2.37 bits per heavy atom. The molecule has 2 rings (SSSR count). The predicted molar refractivity (Wildman–Crippen MR) is 109 cm³/mol. The third-order valence-electron chi connectivity index (χ3n) is 3.45. The number of hydrogen-bond acceptors (Lipinski definition) is 3. The molecular weight excluding hydrogens is 477 g/mol. The number of ether oxygens (including phenoxy) is 2. The summed E-state index contributed by atoms with van der Waals surface area (Å²) in [5.74, 6) is 1.14. The molecule has 0 atom stereocenters. The fourth-order valence-electron chi connectivity index (χ4n) is 2.44. The first-order valence-electron chi connectivity index (χ1n) is 8.57. The topological polar surface area (TPSA) is 30.5 Å². The summed E-state index contributed by atoms with van der Waals surface area (Å²) in [5, 5.41) is 3.36. The molecule has 2 aromatic carbocycles. The van der Waals surface area contributed by atoms with E-state index in [1.165, 1.54) is 12.1 Å². The van der Waals surface area contributed by atoms with Crippen molar-refractivity contribution in [3.05, 3.63) is 53.3 Å². The molecule has 0 aliphatic carbocycles. The molecule has 27 heavy (non-hydrogen) atoms. The fraction of sp³-hybridized carbons (Fsp3) is 0.350. The second-order valence-corrected chi connectivity index (χ2v) is 12.2. The van der Waals surface area contributed by atoms with Crippen molar-refractivity contribution in [2.45, 2.75) is 46.4 Å². The van der Waals surface area contributed by atoms with Gasteiger partial charge in [-0.25, -0.2) is 0 Å². The molecular formula is C20H24Cl2FNO2Ru. The van der Waals surface area contributed by atoms with Crippen LogP contribution in [0.25, 0.3) is 0 Å². The first kappa shape index (κ1) is 22.1. The van der Waals surface area contributed by atoms with Crippen LogP contribution in [0.1, 0.15) is 38.8 Å². The molecule has 0 spiro atoms. The molecule has 0 unspecified atom stereocenters. The van der Waals surface area contributed by atoms with Crippen molar-refractivity contribution in [1.29, 1.82) is 0 Å². The standard InChI is InChI=1S/C20H24FNO2.2ClH.Ru/c1-13(2)23-18-8-9-19(20(11-18)24-14(3)4)22-12-16-6-7-17(21)10-15(16)5;;;/h5-11,13-14,22H,12H2,1-4H3;2*1H;/q;;;+2/p-2. The van der Waals surface area contributed by atoms with Gasteiger partial charge in [-0.1, -0.05) is 0 Å². The van der Waals surface area contributed by atoms with E-state index in [1.54, 1.807) is 10.7 Å². The van der Waals surface area contributed by atoms with Crippen LogP contribution in [0.4, 0.5) is 10.1 Å². The van der Waals surface area contributed by atoms with Crippen LogP contribution in [-0.4, -0.2) is 16.8 Å². The summed E-state index contributed by atoms with van der Waals surface area (Å²) < 4.78 is 27.0. The zero-order chi connectivity index (χ0) is 20.0. The minimum absolute atomic E-state index is 0.0222. The van der Waals surface area contributed by atoms with Crippen LogP contribution in [-0.2, 0) is 20.1 Å². The van der Waals surface area contributed by atoms with Gasteiger partial charge in [-0.3, -0.25) is 0 Å². The van der Waals surface area contributed by atoms with Crippen molar-refractivity contribution < 1.29 is 27.4 Å². The van der Waals surface area contributed by atoms with Gasteiger partial charge in [0.2, 0.25) is 0 Å². The number of benzene rings is 2. The fourth-order valence-corrected chi connectivity index (χ4v) is 4.30. The molecule has 0 aliphatic heterocycles. The molecule has 0 aromatic heterocycles. The summed E-state index contributed by atoms with van der Waals surface area (Å²) in [5.41, 5.74) is 2.47. The van der Waals surface area contributed by atoms with E-state index in [1.807, 2.05) is 45.9 Å². The van der Waals surface area contributed by atoms with Gasteiger partial charge in [-0.05, 0) is 0 Å². The quantitative estimate of drug-likeness (QED) is 0.445. The number of nitrogens with one attached hydrogen (secondary N) is 1. The maximum atomic E-state index is 13.6. The summed E-state index contributed by atoms with van der Waals surface area (Å²) in [6.07, 6.45) is 0.102. The molecule has 0 bridgehead atoms. The minimum atomic E-state index is -2.05.